The van der Waals surface area contributed by atoms with E-state index in [4.69, 9.17) is 4.42 Å². The van der Waals surface area contributed by atoms with Crippen molar-refractivity contribution in [2.75, 3.05) is 25.4 Å². The van der Waals surface area contributed by atoms with E-state index in [1.807, 2.05) is 37.6 Å². The molecule has 3 heterocycles. The highest BCUT2D eigenvalue weighted by molar-refractivity contribution is 7.99. The molecule has 0 N–H and O–H groups in total. The van der Waals surface area contributed by atoms with Gasteiger partial charge in [0.2, 0.25) is 5.82 Å². The first kappa shape index (κ1) is 19.8. The number of nitrogens with zero attached hydrogens (tertiary/aromatic N) is 5. The highest BCUT2D eigenvalue weighted by Crippen LogP contribution is 2.59. The van der Waals surface area contributed by atoms with Gasteiger partial charge >= 0.3 is 0 Å². The lowest BCUT2D eigenvalue weighted by molar-refractivity contribution is 0.298. The van der Waals surface area contributed by atoms with Gasteiger partial charge in [-0.2, -0.15) is 0 Å². The van der Waals surface area contributed by atoms with Crippen molar-refractivity contribution in [1.29, 1.82) is 0 Å². The Hall–Kier alpha value is -2.19. The molecule has 158 valence electrons. The van der Waals surface area contributed by atoms with Crippen molar-refractivity contribution in [3.8, 4) is 11.6 Å². The minimum absolute atomic E-state index is 0.0324. The Morgan fingerprint density at radius 1 is 1.30 bits per heavy atom. The Kier molecular flexibility index (Phi) is 4.94. The van der Waals surface area contributed by atoms with Crippen LogP contribution in [0.15, 0.2) is 34.2 Å². The minimum Gasteiger partial charge on any atom is -0.440 e. The third-order valence-electron chi connectivity index (χ3n) is 6.51. The van der Waals surface area contributed by atoms with Gasteiger partial charge in [-0.25, -0.2) is 9.37 Å². The fourth-order valence-electron chi connectivity index (χ4n) is 4.80. The molecule has 2 aromatic heterocycles. The number of benzene rings is 1. The third-order valence-corrected chi connectivity index (χ3v) is 7.62. The number of hydrogen-bond acceptors (Lipinski definition) is 6. The standard InChI is InChI=1S/C22H26FN5OS/c1-14-5-6-17(18(23)9-14)22-10-16(22)11-28(12-22)7-4-8-30-21-26-25-20(27(21)3)19-15(2)24-13-29-19/h5-6,9,13,16H,4,7-8,10-12H2,1-3H3/t16-,22?/m1/s1. The van der Waals surface area contributed by atoms with E-state index in [9.17, 15) is 4.39 Å². The van der Waals surface area contributed by atoms with Crippen molar-refractivity contribution in [1.82, 2.24) is 24.6 Å². The largest absolute Gasteiger partial charge is 0.440 e. The zero-order chi connectivity index (χ0) is 20.9. The Morgan fingerprint density at radius 3 is 2.93 bits per heavy atom. The molecule has 1 aliphatic heterocycles. The van der Waals surface area contributed by atoms with Crippen LogP contribution in [0.4, 0.5) is 4.39 Å². The maximum Gasteiger partial charge on any atom is 0.202 e. The Bertz CT molecular complexity index is 1080. The van der Waals surface area contributed by atoms with Crippen LogP contribution in [0.3, 0.4) is 0 Å². The molecule has 2 atom stereocenters. The summed E-state index contributed by atoms with van der Waals surface area (Å²) in [6, 6.07) is 5.72. The molecule has 0 bridgehead atoms. The summed E-state index contributed by atoms with van der Waals surface area (Å²) in [7, 11) is 1.95. The lowest BCUT2D eigenvalue weighted by atomic mass is 9.93. The summed E-state index contributed by atoms with van der Waals surface area (Å²) in [5, 5.41) is 9.44. The van der Waals surface area contributed by atoms with Gasteiger partial charge in [0.15, 0.2) is 17.3 Å². The molecule has 6 nitrogen and oxygen atoms in total. The van der Waals surface area contributed by atoms with Crippen LogP contribution >= 0.6 is 11.8 Å². The van der Waals surface area contributed by atoms with Crippen molar-refractivity contribution in [3.63, 3.8) is 0 Å². The number of aromatic nitrogens is 4. The maximum atomic E-state index is 14.5. The maximum absolute atomic E-state index is 14.5. The number of halogens is 1. The molecule has 2 fully saturated rings. The number of likely N-dealkylation sites (tertiary alicyclic amines) is 1. The molecule has 2 aliphatic rings. The topological polar surface area (TPSA) is 60.0 Å². The Balaban J connectivity index is 1.14. The minimum atomic E-state index is -0.0324. The first-order valence-electron chi connectivity index (χ1n) is 10.4. The van der Waals surface area contributed by atoms with Gasteiger partial charge in [0.05, 0.1) is 5.69 Å². The van der Waals surface area contributed by atoms with E-state index in [1.165, 1.54) is 6.39 Å². The second-order valence-corrected chi connectivity index (χ2v) is 9.67. The molecular formula is C22H26FN5OS. The van der Waals surface area contributed by atoms with E-state index in [0.717, 1.165) is 60.2 Å². The summed E-state index contributed by atoms with van der Waals surface area (Å²) >= 11 is 1.71. The van der Waals surface area contributed by atoms with Crippen molar-refractivity contribution in [2.45, 2.75) is 37.3 Å². The smallest absolute Gasteiger partial charge is 0.202 e. The van der Waals surface area contributed by atoms with Crippen LogP contribution in [0.25, 0.3) is 11.6 Å². The monoisotopic (exact) mass is 427 g/mol. The molecule has 0 radical (unpaired) electrons. The molecule has 8 heteroatoms. The van der Waals surface area contributed by atoms with Gasteiger partial charge in [-0.3, -0.25) is 0 Å². The quantitative estimate of drug-likeness (QED) is 0.420. The molecule has 3 aromatic rings. The predicted octanol–water partition coefficient (Wildman–Crippen LogP) is 3.98. The number of oxazole rings is 1. The normalized spacial score (nSPS) is 23.1. The number of fused-ring (bicyclic) bond motifs is 1. The number of thioether (sulfide) groups is 1. The van der Waals surface area contributed by atoms with Gasteiger partial charge in [0.1, 0.15) is 5.82 Å². The SMILES string of the molecule is Cc1ccc(C23C[C@@H]2CN(CCCSc2nnc(-c4ocnc4C)n2C)C3)c(F)c1. The number of piperidine rings is 1. The van der Waals surface area contributed by atoms with Crippen LogP contribution in [-0.4, -0.2) is 50.0 Å². The zero-order valence-corrected chi connectivity index (χ0v) is 18.4. The molecule has 0 spiro atoms. The van der Waals surface area contributed by atoms with Crippen molar-refractivity contribution >= 4 is 11.8 Å². The van der Waals surface area contributed by atoms with Crippen LogP contribution in [0.5, 0.6) is 0 Å². The fourth-order valence-corrected chi connectivity index (χ4v) is 5.64. The summed E-state index contributed by atoms with van der Waals surface area (Å²) in [4.78, 5) is 6.62. The van der Waals surface area contributed by atoms with Crippen LogP contribution in [0, 0.1) is 25.6 Å². The predicted molar refractivity (Wildman–Crippen MR) is 114 cm³/mol. The third kappa shape index (κ3) is 3.36. The number of rotatable bonds is 7. The average molecular weight is 428 g/mol. The van der Waals surface area contributed by atoms with Crippen LogP contribution in [0.1, 0.15) is 29.7 Å². The molecule has 1 saturated heterocycles. The molecule has 1 aliphatic carbocycles. The second kappa shape index (κ2) is 7.50. The zero-order valence-electron chi connectivity index (χ0n) is 17.6. The molecule has 30 heavy (non-hydrogen) atoms. The van der Waals surface area contributed by atoms with E-state index in [2.05, 4.69) is 20.1 Å². The van der Waals surface area contributed by atoms with Crippen LogP contribution in [0.2, 0.25) is 0 Å². The first-order valence-corrected chi connectivity index (χ1v) is 11.4. The number of hydrogen-bond donors (Lipinski definition) is 0. The van der Waals surface area contributed by atoms with Gasteiger partial charge in [-0.15, -0.1) is 10.2 Å². The summed E-state index contributed by atoms with van der Waals surface area (Å²) < 4.78 is 21.9. The molecule has 1 saturated carbocycles. The highest BCUT2D eigenvalue weighted by atomic mass is 32.2. The summed E-state index contributed by atoms with van der Waals surface area (Å²) in [6.07, 6.45) is 3.62. The van der Waals surface area contributed by atoms with Gasteiger partial charge < -0.3 is 13.9 Å². The summed E-state index contributed by atoms with van der Waals surface area (Å²) in [6.45, 7) is 6.93. The van der Waals surface area contributed by atoms with Gasteiger partial charge in [-0.05, 0) is 56.3 Å². The van der Waals surface area contributed by atoms with Crippen molar-refractivity contribution in [3.05, 3.63) is 47.2 Å². The lowest BCUT2D eigenvalue weighted by Gasteiger charge is -2.21. The molecule has 1 unspecified atom stereocenters. The van der Waals surface area contributed by atoms with Gasteiger partial charge in [0.25, 0.3) is 0 Å². The summed E-state index contributed by atoms with van der Waals surface area (Å²) in [5.41, 5.74) is 2.78. The van der Waals surface area contributed by atoms with E-state index >= 15 is 0 Å². The molecule has 0 amide bonds. The second-order valence-electron chi connectivity index (χ2n) is 8.61. The fraction of sp³-hybridized carbons (Fsp3) is 0.500. The molecule has 5 rings (SSSR count). The highest BCUT2D eigenvalue weighted by Gasteiger charge is 2.61. The van der Waals surface area contributed by atoms with Crippen LogP contribution < -0.4 is 0 Å². The first-order chi connectivity index (χ1) is 14.5. The average Bonchev–Trinajstić information content (AvgIpc) is 3.02. The lowest BCUT2D eigenvalue weighted by Crippen LogP contribution is -2.28. The van der Waals surface area contributed by atoms with Gasteiger partial charge in [0, 0.05) is 31.3 Å². The van der Waals surface area contributed by atoms with E-state index in [0.29, 0.717) is 17.5 Å². The van der Waals surface area contributed by atoms with Gasteiger partial charge in [-0.1, -0.05) is 23.9 Å². The molecular weight excluding hydrogens is 401 g/mol. The number of aryl methyl sites for hydroxylation is 2. The Morgan fingerprint density at radius 2 is 2.17 bits per heavy atom. The van der Waals surface area contributed by atoms with Crippen molar-refractivity contribution < 1.29 is 8.81 Å². The van der Waals surface area contributed by atoms with E-state index < -0.39 is 0 Å². The Labute approximate surface area is 179 Å². The van der Waals surface area contributed by atoms with Crippen LogP contribution in [-0.2, 0) is 12.5 Å². The van der Waals surface area contributed by atoms with E-state index in [-0.39, 0.29) is 11.2 Å². The van der Waals surface area contributed by atoms with Crippen molar-refractivity contribution in [2.24, 2.45) is 13.0 Å². The van der Waals surface area contributed by atoms with E-state index in [1.54, 1.807) is 17.8 Å². The molecule has 1 aromatic carbocycles. The summed E-state index contributed by atoms with van der Waals surface area (Å²) in [5.74, 6) is 2.91.